The minimum Gasteiger partial charge on any atom is -0.316 e. The van der Waals surface area contributed by atoms with Crippen LogP contribution in [0.15, 0.2) is 35.2 Å². The molecule has 0 saturated heterocycles. The van der Waals surface area contributed by atoms with Crippen molar-refractivity contribution < 1.29 is 0 Å². The Labute approximate surface area is 97.7 Å². The molecule has 1 aromatic carbocycles. The zero-order valence-corrected chi connectivity index (χ0v) is 10.5. The fourth-order valence-corrected chi connectivity index (χ4v) is 2.11. The van der Waals surface area contributed by atoms with Gasteiger partial charge in [0.05, 0.1) is 0 Å². The summed E-state index contributed by atoms with van der Waals surface area (Å²) >= 11 is 1.92. The lowest BCUT2D eigenvalue weighted by molar-refractivity contribution is 0.547. The molecule has 0 fully saturated rings. The maximum Gasteiger partial charge on any atom is 0.0106 e. The lowest BCUT2D eigenvalue weighted by Crippen LogP contribution is -2.19. The minimum absolute atomic E-state index is 0.805. The number of rotatable bonds is 7. The first-order chi connectivity index (χ1) is 7.29. The smallest absolute Gasteiger partial charge is 0.0106 e. The van der Waals surface area contributed by atoms with Crippen LogP contribution in [0.1, 0.15) is 20.3 Å². The van der Waals surface area contributed by atoms with Crippen LogP contribution in [0.2, 0.25) is 0 Å². The third-order valence-electron chi connectivity index (χ3n) is 2.19. The van der Waals surface area contributed by atoms with Crippen LogP contribution in [-0.2, 0) is 0 Å². The molecule has 0 bridgehead atoms. The molecule has 0 aliphatic heterocycles. The second-order valence-corrected chi connectivity index (χ2v) is 5.26. The molecule has 0 atom stereocenters. The number of hydrogen-bond acceptors (Lipinski definition) is 2. The Morgan fingerprint density at radius 3 is 2.53 bits per heavy atom. The number of nitrogens with one attached hydrogen (secondary N) is 1. The molecule has 0 amide bonds. The van der Waals surface area contributed by atoms with Crippen molar-refractivity contribution in [2.24, 2.45) is 5.92 Å². The van der Waals surface area contributed by atoms with E-state index in [1.807, 2.05) is 11.8 Å². The van der Waals surface area contributed by atoms with Gasteiger partial charge in [0, 0.05) is 17.2 Å². The second-order valence-electron chi connectivity index (χ2n) is 4.09. The van der Waals surface area contributed by atoms with Gasteiger partial charge in [-0.05, 0) is 31.0 Å². The first kappa shape index (κ1) is 12.6. The third-order valence-corrected chi connectivity index (χ3v) is 3.20. The van der Waals surface area contributed by atoms with Crippen LogP contribution in [0.5, 0.6) is 0 Å². The van der Waals surface area contributed by atoms with E-state index in [-0.39, 0.29) is 0 Å². The quantitative estimate of drug-likeness (QED) is 0.561. The van der Waals surface area contributed by atoms with E-state index in [0.717, 1.165) is 24.8 Å². The van der Waals surface area contributed by atoms with Gasteiger partial charge >= 0.3 is 0 Å². The fourth-order valence-electron chi connectivity index (χ4n) is 1.27. The Morgan fingerprint density at radius 1 is 1.13 bits per heavy atom. The molecule has 1 N–H and O–H groups in total. The zero-order chi connectivity index (χ0) is 10.9. The molecule has 0 saturated carbocycles. The van der Waals surface area contributed by atoms with E-state index < -0.39 is 0 Å². The molecule has 0 aromatic heterocycles. The van der Waals surface area contributed by atoms with E-state index in [4.69, 9.17) is 0 Å². The topological polar surface area (TPSA) is 12.0 Å². The van der Waals surface area contributed by atoms with E-state index in [1.165, 1.54) is 11.3 Å². The summed E-state index contributed by atoms with van der Waals surface area (Å²) in [6.07, 6.45) is 1.27. The highest BCUT2D eigenvalue weighted by molar-refractivity contribution is 7.99. The average Bonchev–Trinajstić information content (AvgIpc) is 2.24. The molecule has 1 rings (SSSR count). The molecule has 1 aromatic rings. The molecule has 0 radical (unpaired) electrons. The normalized spacial score (nSPS) is 10.9. The highest BCUT2D eigenvalue weighted by Crippen LogP contribution is 2.15. The lowest BCUT2D eigenvalue weighted by Gasteiger charge is -2.06. The largest absolute Gasteiger partial charge is 0.316 e. The molecule has 1 nitrogen and oxygen atoms in total. The van der Waals surface area contributed by atoms with E-state index in [0.29, 0.717) is 0 Å². The van der Waals surface area contributed by atoms with Crippen LogP contribution in [0.3, 0.4) is 0 Å². The molecule has 0 heterocycles. The van der Waals surface area contributed by atoms with Crippen LogP contribution >= 0.6 is 11.8 Å². The van der Waals surface area contributed by atoms with Crippen molar-refractivity contribution in [3.63, 3.8) is 0 Å². The molecule has 84 valence electrons. The van der Waals surface area contributed by atoms with E-state index in [2.05, 4.69) is 49.5 Å². The number of hydrogen-bond donors (Lipinski definition) is 1. The van der Waals surface area contributed by atoms with Crippen molar-refractivity contribution in [2.45, 2.75) is 25.2 Å². The van der Waals surface area contributed by atoms with Crippen LogP contribution < -0.4 is 5.32 Å². The van der Waals surface area contributed by atoms with Crippen molar-refractivity contribution in [1.29, 1.82) is 0 Å². The van der Waals surface area contributed by atoms with Crippen LogP contribution in [-0.4, -0.2) is 18.8 Å². The molecule has 0 aliphatic carbocycles. The SMILES string of the molecule is CC(C)CCNCCSc1ccccc1. The summed E-state index contributed by atoms with van der Waals surface area (Å²) in [7, 11) is 0. The Kier molecular flexibility index (Phi) is 6.53. The van der Waals surface area contributed by atoms with Crippen molar-refractivity contribution in [3.8, 4) is 0 Å². The molecular formula is C13H21NS. The second kappa shape index (κ2) is 7.77. The Hall–Kier alpha value is -0.470. The molecule has 0 spiro atoms. The van der Waals surface area contributed by atoms with Crippen molar-refractivity contribution >= 4 is 11.8 Å². The van der Waals surface area contributed by atoms with Gasteiger partial charge in [0.25, 0.3) is 0 Å². The van der Waals surface area contributed by atoms with Gasteiger partial charge in [-0.3, -0.25) is 0 Å². The first-order valence-corrected chi connectivity index (χ1v) is 6.66. The van der Waals surface area contributed by atoms with Crippen LogP contribution in [0, 0.1) is 5.92 Å². The van der Waals surface area contributed by atoms with Crippen molar-refractivity contribution in [1.82, 2.24) is 5.32 Å². The summed E-state index contributed by atoms with van der Waals surface area (Å²) in [6, 6.07) is 10.6. The molecule has 15 heavy (non-hydrogen) atoms. The van der Waals surface area contributed by atoms with Crippen LogP contribution in [0.4, 0.5) is 0 Å². The molecule has 0 unspecified atom stereocenters. The highest BCUT2D eigenvalue weighted by atomic mass is 32.2. The molecule has 0 aliphatic rings. The van der Waals surface area contributed by atoms with Gasteiger partial charge in [-0.25, -0.2) is 0 Å². The maximum atomic E-state index is 3.47. The maximum absolute atomic E-state index is 3.47. The van der Waals surface area contributed by atoms with E-state index >= 15 is 0 Å². The number of thioether (sulfide) groups is 1. The third kappa shape index (κ3) is 6.58. The van der Waals surface area contributed by atoms with Gasteiger partial charge in [-0.1, -0.05) is 32.0 Å². The standard InChI is InChI=1S/C13H21NS/c1-12(2)8-9-14-10-11-15-13-6-4-3-5-7-13/h3-7,12,14H,8-11H2,1-2H3. The first-order valence-electron chi connectivity index (χ1n) is 5.67. The van der Waals surface area contributed by atoms with Crippen molar-refractivity contribution in [3.05, 3.63) is 30.3 Å². The lowest BCUT2D eigenvalue weighted by atomic mass is 10.1. The van der Waals surface area contributed by atoms with E-state index in [1.54, 1.807) is 0 Å². The van der Waals surface area contributed by atoms with Gasteiger partial charge in [-0.15, -0.1) is 11.8 Å². The summed E-state index contributed by atoms with van der Waals surface area (Å²) in [5.74, 6) is 1.96. The Balaban J connectivity index is 1.98. The van der Waals surface area contributed by atoms with Crippen LogP contribution in [0.25, 0.3) is 0 Å². The summed E-state index contributed by atoms with van der Waals surface area (Å²) in [5, 5.41) is 3.47. The summed E-state index contributed by atoms with van der Waals surface area (Å²) in [6.45, 7) is 6.78. The molecule has 2 heteroatoms. The van der Waals surface area contributed by atoms with Gasteiger partial charge in [0.2, 0.25) is 0 Å². The summed E-state index contributed by atoms with van der Waals surface area (Å²) in [4.78, 5) is 1.36. The van der Waals surface area contributed by atoms with E-state index in [9.17, 15) is 0 Å². The zero-order valence-electron chi connectivity index (χ0n) is 9.70. The van der Waals surface area contributed by atoms with Gasteiger partial charge in [0.1, 0.15) is 0 Å². The van der Waals surface area contributed by atoms with Gasteiger partial charge in [0.15, 0.2) is 0 Å². The summed E-state index contributed by atoms with van der Waals surface area (Å²) in [5.41, 5.74) is 0. The van der Waals surface area contributed by atoms with Crippen molar-refractivity contribution in [2.75, 3.05) is 18.8 Å². The van der Waals surface area contributed by atoms with Gasteiger partial charge < -0.3 is 5.32 Å². The predicted molar refractivity (Wildman–Crippen MR) is 69.5 cm³/mol. The minimum atomic E-state index is 0.805. The monoisotopic (exact) mass is 223 g/mol. The average molecular weight is 223 g/mol. The number of benzene rings is 1. The van der Waals surface area contributed by atoms with Gasteiger partial charge in [-0.2, -0.15) is 0 Å². The fraction of sp³-hybridized carbons (Fsp3) is 0.538. The predicted octanol–water partition coefficient (Wildman–Crippen LogP) is 3.41. The Morgan fingerprint density at radius 2 is 1.87 bits per heavy atom. The Bertz CT molecular complexity index is 246. The molecular weight excluding hydrogens is 202 g/mol. The highest BCUT2D eigenvalue weighted by Gasteiger charge is 1.94. The summed E-state index contributed by atoms with van der Waals surface area (Å²) < 4.78 is 0.